The molecule has 0 heterocycles. The number of anilines is 1. The molecule has 0 atom stereocenters. The van der Waals surface area contributed by atoms with Crippen LogP contribution in [0.25, 0.3) is 0 Å². The summed E-state index contributed by atoms with van der Waals surface area (Å²) in [6.45, 7) is 6.31. The van der Waals surface area contributed by atoms with Crippen LogP contribution in [0, 0.1) is 0 Å². The van der Waals surface area contributed by atoms with Gasteiger partial charge in [0, 0.05) is 29.4 Å². The van der Waals surface area contributed by atoms with Gasteiger partial charge in [-0.15, -0.1) is 0 Å². The minimum Gasteiger partial charge on any atom is -0.372 e. The Kier molecular flexibility index (Phi) is 6.56. The second-order valence-electron chi connectivity index (χ2n) is 4.97. The lowest BCUT2D eigenvalue weighted by molar-refractivity contribution is 0.866. The molecule has 3 nitrogen and oxygen atoms in total. The Morgan fingerprint density at radius 1 is 1.09 bits per heavy atom. The number of hydrazone groups is 1. The molecule has 120 valence electrons. The second-order valence-corrected chi connectivity index (χ2v) is 5.81. The van der Waals surface area contributed by atoms with E-state index in [1.54, 1.807) is 18.3 Å². The monoisotopic (exact) mass is 345 g/mol. The van der Waals surface area contributed by atoms with Gasteiger partial charge in [0.1, 0.15) is 4.99 Å². The van der Waals surface area contributed by atoms with Crippen LogP contribution >= 0.6 is 23.8 Å². The SMILES string of the molecule is CCN(CC)c1ccc(/C=N/NC(=S)c2ccc(Cl)cc2)cc1. The molecule has 0 aromatic heterocycles. The van der Waals surface area contributed by atoms with E-state index in [-0.39, 0.29) is 0 Å². The molecular formula is C18H20ClN3S. The third-order valence-corrected chi connectivity index (χ3v) is 4.09. The van der Waals surface area contributed by atoms with Crippen LogP contribution in [-0.4, -0.2) is 24.3 Å². The molecule has 1 N–H and O–H groups in total. The van der Waals surface area contributed by atoms with Gasteiger partial charge in [0.15, 0.2) is 0 Å². The van der Waals surface area contributed by atoms with E-state index < -0.39 is 0 Å². The number of nitrogens with zero attached hydrogens (tertiary/aromatic N) is 2. The number of hydrogen-bond donors (Lipinski definition) is 1. The Morgan fingerprint density at radius 3 is 2.26 bits per heavy atom. The molecule has 0 saturated heterocycles. The Bertz CT molecular complexity index is 662. The number of benzene rings is 2. The lowest BCUT2D eigenvalue weighted by Crippen LogP contribution is -2.21. The molecule has 5 heteroatoms. The molecule has 0 fully saturated rings. The zero-order chi connectivity index (χ0) is 16.7. The fraction of sp³-hybridized carbons (Fsp3) is 0.222. The molecule has 2 aromatic carbocycles. The topological polar surface area (TPSA) is 27.6 Å². The van der Waals surface area contributed by atoms with Crippen molar-refractivity contribution in [1.29, 1.82) is 0 Å². The van der Waals surface area contributed by atoms with Crippen molar-refractivity contribution in [2.24, 2.45) is 5.10 Å². The van der Waals surface area contributed by atoms with E-state index in [1.165, 1.54) is 5.69 Å². The first-order valence-corrected chi connectivity index (χ1v) is 8.36. The molecule has 2 rings (SSSR count). The first-order chi connectivity index (χ1) is 11.1. The molecule has 0 spiro atoms. The third-order valence-electron chi connectivity index (χ3n) is 3.51. The Balaban J connectivity index is 1.95. The minimum atomic E-state index is 0.567. The molecule has 0 unspecified atom stereocenters. The van der Waals surface area contributed by atoms with Crippen LogP contribution in [0.3, 0.4) is 0 Å². The average Bonchev–Trinajstić information content (AvgIpc) is 2.58. The van der Waals surface area contributed by atoms with Crippen molar-refractivity contribution in [2.45, 2.75) is 13.8 Å². The summed E-state index contributed by atoms with van der Waals surface area (Å²) in [6, 6.07) is 15.6. The average molecular weight is 346 g/mol. The fourth-order valence-electron chi connectivity index (χ4n) is 2.19. The molecule has 2 aromatic rings. The van der Waals surface area contributed by atoms with E-state index >= 15 is 0 Å². The summed E-state index contributed by atoms with van der Waals surface area (Å²) < 4.78 is 0. The van der Waals surface area contributed by atoms with Gasteiger partial charge in [-0.3, -0.25) is 5.43 Å². The van der Waals surface area contributed by atoms with Gasteiger partial charge in [-0.2, -0.15) is 5.10 Å². The van der Waals surface area contributed by atoms with Crippen LogP contribution in [-0.2, 0) is 0 Å². The van der Waals surface area contributed by atoms with Crippen molar-refractivity contribution in [3.05, 3.63) is 64.7 Å². The highest BCUT2D eigenvalue weighted by molar-refractivity contribution is 7.80. The van der Waals surface area contributed by atoms with Crippen molar-refractivity contribution in [3.8, 4) is 0 Å². The summed E-state index contributed by atoms with van der Waals surface area (Å²) >= 11 is 11.2. The van der Waals surface area contributed by atoms with Crippen LogP contribution in [0.15, 0.2) is 53.6 Å². The molecule has 23 heavy (non-hydrogen) atoms. The van der Waals surface area contributed by atoms with E-state index in [0.717, 1.165) is 24.2 Å². The molecular weight excluding hydrogens is 326 g/mol. The summed E-state index contributed by atoms with van der Waals surface area (Å²) in [7, 11) is 0. The van der Waals surface area contributed by atoms with Crippen molar-refractivity contribution < 1.29 is 0 Å². The van der Waals surface area contributed by atoms with Crippen LogP contribution < -0.4 is 10.3 Å². The zero-order valence-corrected chi connectivity index (χ0v) is 14.9. The van der Waals surface area contributed by atoms with Crippen LogP contribution in [0.5, 0.6) is 0 Å². The predicted octanol–water partition coefficient (Wildman–Crippen LogP) is 4.49. The van der Waals surface area contributed by atoms with Gasteiger partial charge < -0.3 is 4.90 Å². The van der Waals surface area contributed by atoms with Gasteiger partial charge in [-0.05, 0) is 43.7 Å². The molecule has 0 aliphatic heterocycles. The zero-order valence-electron chi connectivity index (χ0n) is 13.3. The maximum atomic E-state index is 5.86. The van der Waals surface area contributed by atoms with E-state index in [4.69, 9.17) is 23.8 Å². The van der Waals surface area contributed by atoms with Gasteiger partial charge in [0.25, 0.3) is 0 Å². The molecule has 0 amide bonds. The van der Waals surface area contributed by atoms with Gasteiger partial charge in [-0.25, -0.2) is 0 Å². The van der Waals surface area contributed by atoms with Crippen LogP contribution in [0.1, 0.15) is 25.0 Å². The highest BCUT2D eigenvalue weighted by atomic mass is 35.5. The molecule has 0 saturated carbocycles. The maximum absolute atomic E-state index is 5.86. The quantitative estimate of drug-likeness (QED) is 0.475. The van der Waals surface area contributed by atoms with E-state index in [9.17, 15) is 0 Å². The number of halogens is 1. The highest BCUT2D eigenvalue weighted by Gasteiger charge is 2.01. The minimum absolute atomic E-state index is 0.567. The Hall–Kier alpha value is -1.91. The van der Waals surface area contributed by atoms with Crippen molar-refractivity contribution in [1.82, 2.24) is 5.43 Å². The normalized spacial score (nSPS) is 10.7. The summed E-state index contributed by atoms with van der Waals surface area (Å²) in [5, 5.41) is 4.88. The number of hydrogen-bond acceptors (Lipinski definition) is 3. The predicted molar refractivity (Wildman–Crippen MR) is 104 cm³/mol. The molecule has 0 aliphatic rings. The Morgan fingerprint density at radius 2 is 1.70 bits per heavy atom. The lowest BCUT2D eigenvalue weighted by atomic mass is 10.2. The molecule has 0 radical (unpaired) electrons. The summed E-state index contributed by atoms with van der Waals surface area (Å²) in [5.74, 6) is 0. The Labute approximate surface area is 148 Å². The van der Waals surface area contributed by atoms with Crippen molar-refractivity contribution in [3.63, 3.8) is 0 Å². The van der Waals surface area contributed by atoms with Gasteiger partial charge in [0.05, 0.1) is 6.21 Å². The highest BCUT2D eigenvalue weighted by Crippen LogP contribution is 2.14. The first kappa shape index (κ1) is 17.4. The number of nitrogens with one attached hydrogen (secondary N) is 1. The lowest BCUT2D eigenvalue weighted by Gasteiger charge is -2.20. The standard InChI is InChI=1S/C18H20ClN3S/c1-3-22(4-2)17-11-5-14(6-12-17)13-20-21-18(23)15-7-9-16(19)10-8-15/h5-13H,3-4H2,1-2H3,(H,21,23)/b20-13+. The smallest absolute Gasteiger partial charge is 0.126 e. The van der Waals surface area contributed by atoms with Gasteiger partial charge in [-0.1, -0.05) is 48.1 Å². The summed E-state index contributed by atoms with van der Waals surface area (Å²) in [6.07, 6.45) is 1.76. The largest absolute Gasteiger partial charge is 0.372 e. The van der Waals surface area contributed by atoms with E-state index in [2.05, 4.69) is 41.4 Å². The number of thiocarbonyl (C=S) groups is 1. The van der Waals surface area contributed by atoms with E-state index in [0.29, 0.717) is 10.0 Å². The molecule has 0 aliphatic carbocycles. The summed E-state index contributed by atoms with van der Waals surface area (Å²) in [5.41, 5.74) is 6.00. The second kappa shape index (κ2) is 8.65. The van der Waals surface area contributed by atoms with E-state index in [1.807, 2.05) is 24.3 Å². The number of rotatable bonds is 6. The van der Waals surface area contributed by atoms with Gasteiger partial charge >= 0.3 is 0 Å². The first-order valence-electron chi connectivity index (χ1n) is 7.58. The van der Waals surface area contributed by atoms with Crippen LogP contribution in [0.4, 0.5) is 5.69 Å². The van der Waals surface area contributed by atoms with Crippen LogP contribution in [0.2, 0.25) is 5.02 Å². The molecule has 0 bridgehead atoms. The maximum Gasteiger partial charge on any atom is 0.126 e. The summed E-state index contributed by atoms with van der Waals surface area (Å²) in [4.78, 5) is 2.87. The third kappa shape index (κ3) is 5.05. The van der Waals surface area contributed by atoms with Crippen molar-refractivity contribution >= 4 is 40.7 Å². The fourth-order valence-corrected chi connectivity index (χ4v) is 2.51. The van der Waals surface area contributed by atoms with Crippen molar-refractivity contribution in [2.75, 3.05) is 18.0 Å². The van der Waals surface area contributed by atoms with Gasteiger partial charge in [0.2, 0.25) is 0 Å².